The van der Waals surface area contributed by atoms with Gasteiger partial charge in [-0.3, -0.25) is 0 Å². The number of ether oxygens (including phenoxy) is 1. The van der Waals surface area contributed by atoms with Gasteiger partial charge in [-0.15, -0.1) is 4.73 Å². The van der Waals surface area contributed by atoms with Crippen LogP contribution in [0.3, 0.4) is 0 Å². The number of aromatic hydroxyl groups is 2. The van der Waals surface area contributed by atoms with Crippen molar-refractivity contribution in [3.05, 3.63) is 48.0 Å². The molecule has 0 bridgehead atoms. The minimum atomic E-state index is -0.632. The van der Waals surface area contributed by atoms with Gasteiger partial charge in [0.15, 0.2) is 0 Å². The summed E-state index contributed by atoms with van der Waals surface area (Å²) in [6, 6.07) is 11.7. The first kappa shape index (κ1) is 17.7. The lowest BCUT2D eigenvalue weighted by Gasteiger charge is -2.30. The van der Waals surface area contributed by atoms with Crippen LogP contribution in [0, 0.1) is 5.92 Å². The quantitative estimate of drug-likeness (QED) is 0.864. The van der Waals surface area contributed by atoms with E-state index in [2.05, 4.69) is 0 Å². The summed E-state index contributed by atoms with van der Waals surface area (Å²) in [5.74, 6) is -1.96. The van der Waals surface area contributed by atoms with Gasteiger partial charge in [0.1, 0.15) is 6.61 Å². The average Bonchev–Trinajstić information content (AvgIpc) is 2.99. The van der Waals surface area contributed by atoms with Crippen LogP contribution >= 0.6 is 0 Å². The first-order chi connectivity index (χ1) is 12.5. The summed E-state index contributed by atoms with van der Waals surface area (Å²) in [6.45, 7) is 0.822. The van der Waals surface area contributed by atoms with Gasteiger partial charge < -0.3 is 24.7 Å². The van der Waals surface area contributed by atoms with Crippen molar-refractivity contribution in [1.82, 2.24) is 9.63 Å². The molecule has 1 amide bonds. The Morgan fingerprint density at radius 3 is 2.46 bits per heavy atom. The number of amides is 1. The third-order valence-electron chi connectivity index (χ3n) is 4.20. The second-order valence-electron chi connectivity index (χ2n) is 6.08. The highest BCUT2D eigenvalue weighted by molar-refractivity contribution is 5.75. The Labute approximate surface area is 150 Å². The van der Waals surface area contributed by atoms with Crippen LogP contribution in [0.15, 0.2) is 42.5 Å². The third-order valence-corrected chi connectivity index (χ3v) is 4.20. The number of nitrogens with zero attached hydrogens (tertiary/aromatic N) is 2. The largest absolute Gasteiger partial charge is 0.492 e. The zero-order valence-electron chi connectivity index (χ0n) is 14.1. The molecular weight excluding hydrogens is 340 g/mol. The number of carbonyl (C=O) groups excluding carboxylic acids is 2. The second kappa shape index (κ2) is 7.81. The Bertz CT molecular complexity index is 754. The Hall–Kier alpha value is -3.16. The van der Waals surface area contributed by atoms with E-state index >= 15 is 0 Å². The van der Waals surface area contributed by atoms with E-state index in [0.717, 1.165) is 5.56 Å². The van der Waals surface area contributed by atoms with Crippen LogP contribution in [0.5, 0.6) is 11.8 Å². The van der Waals surface area contributed by atoms with Crippen LogP contribution in [-0.2, 0) is 16.1 Å². The lowest BCUT2D eigenvalue weighted by atomic mass is 9.99. The van der Waals surface area contributed by atoms with Gasteiger partial charge in [-0.1, -0.05) is 30.3 Å². The zero-order valence-corrected chi connectivity index (χ0v) is 14.1. The van der Waals surface area contributed by atoms with E-state index in [1.807, 2.05) is 30.3 Å². The van der Waals surface area contributed by atoms with Crippen LogP contribution in [0.1, 0.15) is 18.4 Å². The summed E-state index contributed by atoms with van der Waals surface area (Å²) in [4.78, 5) is 31.0. The maximum absolute atomic E-state index is 12.3. The molecule has 1 aromatic heterocycles. The summed E-state index contributed by atoms with van der Waals surface area (Å²) < 4.78 is 5.94. The molecule has 2 heterocycles. The number of likely N-dealkylation sites (tertiary alicyclic amines) is 1. The molecule has 1 aromatic carbocycles. The van der Waals surface area contributed by atoms with Crippen molar-refractivity contribution in [2.24, 2.45) is 5.92 Å². The molecule has 2 aromatic rings. The van der Waals surface area contributed by atoms with E-state index in [-0.39, 0.29) is 24.9 Å². The molecule has 8 heteroatoms. The van der Waals surface area contributed by atoms with Gasteiger partial charge in [0.2, 0.25) is 11.8 Å². The van der Waals surface area contributed by atoms with Crippen LogP contribution < -0.4 is 4.84 Å². The fourth-order valence-electron chi connectivity index (χ4n) is 2.81. The van der Waals surface area contributed by atoms with Crippen molar-refractivity contribution in [3.8, 4) is 11.8 Å². The molecule has 1 aliphatic heterocycles. The summed E-state index contributed by atoms with van der Waals surface area (Å²) >= 11 is 0. The van der Waals surface area contributed by atoms with Crippen LogP contribution in [0.25, 0.3) is 0 Å². The lowest BCUT2D eigenvalue weighted by Crippen LogP contribution is -2.44. The van der Waals surface area contributed by atoms with Gasteiger partial charge in [0.25, 0.3) is 0 Å². The highest BCUT2D eigenvalue weighted by Gasteiger charge is 2.31. The van der Waals surface area contributed by atoms with E-state index in [9.17, 15) is 19.8 Å². The van der Waals surface area contributed by atoms with Gasteiger partial charge >= 0.3 is 12.1 Å². The molecule has 1 atom stereocenters. The molecule has 26 heavy (non-hydrogen) atoms. The molecule has 138 valence electrons. The SMILES string of the molecule is O=C(On1c(O)ccc1O)C1CCCN(C(=O)OCc2ccccc2)C1. The van der Waals surface area contributed by atoms with E-state index < -0.39 is 18.0 Å². The number of hydrogen-bond donors (Lipinski definition) is 2. The van der Waals surface area contributed by atoms with Gasteiger partial charge in [0.05, 0.1) is 5.92 Å². The van der Waals surface area contributed by atoms with Crippen molar-refractivity contribution in [1.29, 1.82) is 0 Å². The van der Waals surface area contributed by atoms with Crippen molar-refractivity contribution in [3.63, 3.8) is 0 Å². The van der Waals surface area contributed by atoms with Crippen molar-refractivity contribution in [2.75, 3.05) is 13.1 Å². The summed E-state index contributed by atoms with van der Waals surface area (Å²) in [6.07, 6.45) is 0.687. The maximum Gasteiger partial charge on any atom is 0.410 e. The minimum Gasteiger partial charge on any atom is -0.492 e. The highest BCUT2D eigenvalue weighted by Crippen LogP contribution is 2.22. The van der Waals surface area contributed by atoms with Crippen molar-refractivity contribution < 1.29 is 29.4 Å². The molecule has 1 fully saturated rings. The molecule has 0 saturated carbocycles. The molecule has 0 spiro atoms. The highest BCUT2D eigenvalue weighted by atomic mass is 16.7. The number of hydrogen-bond acceptors (Lipinski definition) is 6. The summed E-state index contributed by atoms with van der Waals surface area (Å²) in [5.41, 5.74) is 0.882. The molecule has 0 radical (unpaired) electrons. The average molecular weight is 360 g/mol. The monoisotopic (exact) mass is 360 g/mol. The predicted octanol–water partition coefficient (Wildman–Crippen LogP) is 1.90. The fraction of sp³-hybridized carbons (Fsp3) is 0.333. The minimum absolute atomic E-state index is 0.162. The number of carbonyl (C=O) groups is 2. The number of piperidine rings is 1. The van der Waals surface area contributed by atoms with Crippen LogP contribution in [0.4, 0.5) is 4.79 Å². The van der Waals surface area contributed by atoms with Gasteiger partial charge in [0, 0.05) is 25.2 Å². The smallest absolute Gasteiger partial charge is 0.410 e. The molecule has 3 rings (SSSR count). The summed E-state index contributed by atoms with van der Waals surface area (Å²) in [5, 5.41) is 19.1. The van der Waals surface area contributed by atoms with E-state index in [1.165, 1.54) is 17.0 Å². The molecule has 1 saturated heterocycles. The van der Waals surface area contributed by atoms with Gasteiger partial charge in [-0.05, 0) is 18.4 Å². The second-order valence-corrected chi connectivity index (χ2v) is 6.08. The molecular formula is C18H20N2O6. The topological polar surface area (TPSA) is 101 Å². The van der Waals surface area contributed by atoms with E-state index in [0.29, 0.717) is 24.1 Å². The fourth-order valence-corrected chi connectivity index (χ4v) is 2.81. The first-order valence-electron chi connectivity index (χ1n) is 8.32. The first-order valence-corrected chi connectivity index (χ1v) is 8.32. The number of aromatic nitrogens is 1. The molecule has 2 N–H and O–H groups in total. The lowest BCUT2D eigenvalue weighted by molar-refractivity contribution is -0.152. The maximum atomic E-state index is 12.3. The number of rotatable bonds is 4. The Balaban J connectivity index is 1.54. The van der Waals surface area contributed by atoms with Crippen molar-refractivity contribution >= 4 is 12.1 Å². The Morgan fingerprint density at radius 2 is 1.77 bits per heavy atom. The Kier molecular flexibility index (Phi) is 5.31. The molecule has 1 unspecified atom stereocenters. The molecule has 8 nitrogen and oxygen atoms in total. The Morgan fingerprint density at radius 1 is 1.08 bits per heavy atom. The van der Waals surface area contributed by atoms with E-state index in [1.54, 1.807) is 0 Å². The van der Waals surface area contributed by atoms with Crippen LogP contribution in [0.2, 0.25) is 0 Å². The van der Waals surface area contributed by atoms with Crippen LogP contribution in [-0.4, -0.2) is 45.0 Å². The molecule has 1 aliphatic rings. The van der Waals surface area contributed by atoms with E-state index in [4.69, 9.17) is 9.57 Å². The standard InChI is InChI=1S/C18H20N2O6/c21-15-8-9-16(22)20(15)26-17(23)14-7-4-10-19(11-14)18(24)25-12-13-5-2-1-3-6-13/h1-3,5-6,8-9,14,21-22H,4,7,10-12H2. The van der Waals surface area contributed by atoms with Crippen molar-refractivity contribution in [2.45, 2.75) is 19.4 Å². The number of benzene rings is 1. The normalized spacial score (nSPS) is 16.9. The van der Waals surface area contributed by atoms with Gasteiger partial charge in [-0.2, -0.15) is 0 Å². The van der Waals surface area contributed by atoms with Gasteiger partial charge in [-0.25, -0.2) is 9.59 Å². The zero-order chi connectivity index (χ0) is 18.5. The third kappa shape index (κ3) is 4.08. The predicted molar refractivity (Wildman–Crippen MR) is 90.3 cm³/mol. The summed E-state index contributed by atoms with van der Waals surface area (Å²) in [7, 11) is 0. The molecule has 0 aliphatic carbocycles.